The summed E-state index contributed by atoms with van der Waals surface area (Å²) in [5.74, 6) is 0.535. The van der Waals surface area contributed by atoms with Crippen molar-refractivity contribution in [2.24, 2.45) is 0 Å². The molecule has 2 aromatic rings. The highest BCUT2D eigenvalue weighted by atomic mass is 32.2. The summed E-state index contributed by atoms with van der Waals surface area (Å²) in [4.78, 5) is 24.3. The first kappa shape index (κ1) is 18.2. The van der Waals surface area contributed by atoms with E-state index in [-0.39, 0.29) is 23.3 Å². The summed E-state index contributed by atoms with van der Waals surface area (Å²) < 4.78 is 26.8. The Labute approximate surface area is 151 Å². The minimum Gasteiger partial charge on any atom is -0.465 e. The summed E-state index contributed by atoms with van der Waals surface area (Å²) in [6.07, 6.45) is 0.700. The van der Waals surface area contributed by atoms with Crippen LogP contribution in [0.2, 0.25) is 0 Å². The standard InChI is InChI=1S/C17H20N2O6S/c20-16-9-15(25-18-16)13-5-6-19(17(21)22)14(8-13)7-11-1-3-12(4-2-11)10-26(23)24/h1-4,9,13-14,26H,5-8,10H2,(H,18,20)(H,21,22). The van der Waals surface area contributed by atoms with Crippen LogP contribution in [-0.2, 0) is 22.9 Å². The Morgan fingerprint density at radius 1 is 1.27 bits per heavy atom. The van der Waals surface area contributed by atoms with Crippen LogP contribution in [0.3, 0.4) is 0 Å². The maximum Gasteiger partial charge on any atom is 0.407 e. The minimum atomic E-state index is -2.47. The second-order valence-electron chi connectivity index (χ2n) is 6.48. The Kier molecular flexibility index (Phi) is 5.46. The number of carboxylic acid groups (broad SMARTS) is 1. The van der Waals surface area contributed by atoms with Gasteiger partial charge >= 0.3 is 6.09 Å². The van der Waals surface area contributed by atoms with E-state index in [0.29, 0.717) is 37.1 Å². The van der Waals surface area contributed by atoms with Gasteiger partial charge in [0.25, 0.3) is 5.56 Å². The number of aromatic nitrogens is 1. The highest BCUT2D eigenvalue weighted by Crippen LogP contribution is 2.32. The average molecular weight is 380 g/mol. The van der Waals surface area contributed by atoms with E-state index >= 15 is 0 Å². The summed E-state index contributed by atoms with van der Waals surface area (Å²) in [5.41, 5.74) is 1.34. The number of carbonyl (C=O) groups is 1. The molecule has 1 aliphatic heterocycles. The molecule has 8 nitrogen and oxygen atoms in total. The number of thiol groups is 1. The molecule has 9 heteroatoms. The number of rotatable bonds is 5. The van der Waals surface area contributed by atoms with Gasteiger partial charge in [-0.1, -0.05) is 24.3 Å². The van der Waals surface area contributed by atoms with E-state index in [1.165, 1.54) is 11.0 Å². The quantitative estimate of drug-likeness (QED) is 0.677. The summed E-state index contributed by atoms with van der Waals surface area (Å²) in [6, 6.07) is 8.32. The van der Waals surface area contributed by atoms with E-state index in [9.17, 15) is 23.1 Å². The summed E-state index contributed by atoms with van der Waals surface area (Å²) in [5, 5.41) is 11.7. The molecule has 1 fully saturated rings. The maximum absolute atomic E-state index is 11.6. The van der Waals surface area contributed by atoms with Crippen LogP contribution < -0.4 is 5.56 Å². The van der Waals surface area contributed by atoms with Crippen LogP contribution in [0.5, 0.6) is 0 Å². The molecule has 1 saturated heterocycles. The van der Waals surface area contributed by atoms with Crippen molar-refractivity contribution >= 4 is 16.8 Å². The number of H-pyrrole nitrogens is 1. The van der Waals surface area contributed by atoms with Crippen LogP contribution >= 0.6 is 0 Å². The number of nitrogens with one attached hydrogen (secondary N) is 1. The number of aromatic amines is 1. The fourth-order valence-corrected chi connectivity index (χ4v) is 3.96. The Bertz CT molecular complexity index is 890. The molecule has 0 spiro atoms. The molecule has 140 valence electrons. The van der Waals surface area contributed by atoms with Crippen molar-refractivity contribution in [3.05, 3.63) is 57.6 Å². The van der Waals surface area contributed by atoms with Gasteiger partial charge in [0.15, 0.2) is 0 Å². The molecular weight excluding hydrogens is 360 g/mol. The molecule has 1 aliphatic rings. The lowest BCUT2D eigenvalue weighted by molar-refractivity contribution is 0.0968. The first-order valence-corrected chi connectivity index (χ1v) is 9.66. The fourth-order valence-electron chi connectivity index (χ4n) is 3.46. The summed E-state index contributed by atoms with van der Waals surface area (Å²) in [7, 11) is -2.47. The Hall–Kier alpha value is -2.55. The zero-order valence-electron chi connectivity index (χ0n) is 14.0. The third-order valence-corrected chi connectivity index (χ3v) is 5.34. The first-order chi connectivity index (χ1) is 12.4. The number of likely N-dealkylation sites (tertiary alicyclic amines) is 1. The number of hydrogen-bond acceptors (Lipinski definition) is 5. The summed E-state index contributed by atoms with van der Waals surface area (Å²) in [6.45, 7) is 0.369. The third kappa shape index (κ3) is 4.34. The number of piperidine rings is 1. The maximum atomic E-state index is 11.6. The Balaban J connectivity index is 1.75. The van der Waals surface area contributed by atoms with Crippen LogP contribution in [0.4, 0.5) is 4.79 Å². The normalized spacial score (nSPS) is 20.4. The van der Waals surface area contributed by atoms with Crippen molar-refractivity contribution in [2.45, 2.75) is 37.0 Å². The summed E-state index contributed by atoms with van der Waals surface area (Å²) >= 11 is 0. The number of amides is 1. The van der Waals surface area contributed by atoms with Crippen LogP contribution in [0.25, 0.3) is 0 Å². The first-order valence-electron chi connectivity index (χ1n) is 8.30. The topological polar surface area (TPSA) is 121 Å². The molecule has 1 aromatic heterocycles. The van der Waals surface area contributed by atoms with Crippen molar-refractivity contribution in [3.8, 4) is 0 Å². The Morgan fingerprint density at radius 2 is 1.96 bits per heavy atom. The highest BCUT2D eigenvalue weighted by Gasteiger charge is 2.33. The second kappa shape index (κ2) is 7.77. The largest absolute Gasteiger partial charge is 0.465 e. The van der Waals surface area contributed by atoms with Gasteiger partial charge in [-0.3, -0.25) is 4.79 Å². The number of hydrogen-bond donors (Lipinski definition) is 3. The van der Waals surface area contributed by atoms with Gasteiger partial charge in [-0.25, -0.2) is 13.2 Å². The van der Waals surface area contributed by atoms with Gasteiger partial charge in [-0.05, 0) is 30.4 Å². The van der Waals surface area contributed by atoms with Crippen molar-refractivity contribution in [3.63, 3.8) is 0 Å². The molecule has 0 saturated carbocycles. The lowest BCUT2D eigenvalue weighted by Crippen LogP contribution is -2.46. The zero-order valence-corrected chi connectivity index (χ0v) is 14.9. The van der Waals surface area contributed by atoms with Gasteiger partial charge in [-0.15, -0.1) is 0 Å². The predicted molar refractivity (Wildman–Crippen MR) is 94.0 cm³/mol. The number of benzene rings is 1. The number of nitrogens with zero attached hydrogens (tertiary/aromatic N) is 1. The van der Waals surface area contributed by atoms with Crippen LogP contribution in [0, 0.1) is 0 Å². The molecule has 2 N–H and O–H groups in total. The van der Waals surface area contributed by atoms with Gasteiger partial charge in [0.1, 0.15) is 16.5 Å². The molecule has 1 amide bonds. The second-order valence-corrected chi connectivity index (χ2v) is 7.46. The molecular formula is C17H20N2O6S. The fraction of sp³-hybridized carbons (Fsp3) is 0.412. The molecule has 0 aliphatic carbocycles. The van der Waals surface area contributed by atoms with E-state index in [4.69, 9.17) is 4.52 Å². The SMILES string of the molecule is O=C(O)N1CCC(c2cc(=O)[nH]o2)CC1Cc1ccc(C[SH](=O)=O)cc1. The van der Waals surface area contributed by atoms with Crippen molar-refractivity contribution in [1.29, 1.82) is 0 Å². The van der Waals surface area contributed by atoms with Crippen LogP contribution in [0.1, 0.15) is 35.6 Å². The van der Waals surface area contributed by atoms with E-state index in [0.717, 1.165) is 5.56 Å². The van der Waals surface area contributed by atoms with Crippen molar-refractivity contribution in [1.82, 2.24) is 10.1 Å². The predicted octanol–water partition coefficient (Wildman–Crippen LogP) is 1.55. The third-order valence-electron chi connectivity index (χ3n) is 4.71. The highest BCUT2D eigenvalue weighted by molar-refractivity contribution is 7.71. The van der Waals surface area contributed by atoms with Crippen molar-refractivity contribution < 1.29 is 22.8 Å². The van der Waals surface area contributed by atoms with Gasteiger partial charge in [0, 0.05) is 24.6 Å². The van der Waals surface area contributed by atoms with E-state index < -0.39 is 16.8 Å². The molecule has 0 radical (unpaired) electrons. The molecule has 2 heterocycles. The van der Waals surface area contributed by atoms with Gasteiger partial charge in [0.05, 0.1) is 5.75 Å². The van der Waals surface area contributed by atoms with Gasteiger partial charge in [-0.2, -0.15) is 5.16 Å². The lowest BCUT2D eigenvalue weighted by atomic mass is 9.86. The average Bonchev–Trinajstić information content (AvgIpc) is 3.02. The molecule has 0 bridgehead atoms. The molecule has 1 aromatic carbocycles. The van der Waals surface area contributed by atoms with E-state index in [2.05, 4.69) is 5.16 Å². The Morgan fingerprint density at radius 3 is 2.54 bits per heavy atom. The minimum absolute atomic E-state index is 0.00507. The van der Waals surface area contributed by atoms with Crippen LogP contribution in [0.15, 0.2) is 39.6 Å². The van der Waals surface area contributed by atoms with Crippen molar-refractivity contribution in [2.75, 3.05) is 6.54 Å². The molecule has 2 unspecified atom stereocenters. The lowest BCUT2D eigenvalue weighted by Gasteiger charge is -2.37. The van der Waals surface area contributed by atoms with Gasteiger partial charge in [0.2, 0.25) is 0 Å². The van der Waals surface area contributed by atoms with Crippen LogP contribution in [-0.4, -0.2) is 42.3 Å². The van der Waals surface area contributed by atoms with E-state index in [1.54, 1.807) is 12.1 Å². The van der Waals surface area contributed by atoms with Gasteiger partial charge < -0.3 is 14.5 Å². The zero-order chi connectivity index (χ0) is 18.7. The smallest absolute Gasteiger partial charge is 0.407 e. The molecule has 2 atom stereocenters. The van der Waals surface area contributed by atoms with E-state index in [1.807, 2.05) is 12.1 Å². The molecule has 26 heavy (non-hydrogen) atoms. The molecule has 3 rings (SSSR count). The monoisotopic (exact) mass is 380 g/mol.